The molecule has 0 rings (SSSR count). The molecule has 0 N–H and O–H groups in total. The molecule has 0 aliphatic heterocycles. The van der Waals surface area contributed by atoms with E-state index in [0.29, 0.717) is 0 Å². The van der Waals surface area contributed by atoms with Crippen molar-refractivity contribution in [2.24, 2.45) is 0 Å². The van der Waals surface area contributed by atoms with Crippen LogP contribution < -0.4 is 34.0 Å². The van der Waals surface area contributed by atoms with Crippen LogP contribution in [0.15, 0.2) is 0 Å². The Morgan fingerprint density at radius 2 is 0.361 bits per heavy atom. The van der Waals surface area contributed by atoms with Gasteiger partial charge < -0.3 is 34.0 Å². The summed E-state index contributed by atoms with van der Waals surface area (Å²) in [6.07, 6.45) is 35.9. The molecular weight excluding hydrogens is 606 g/mol. The molecule has 0 nitrogen and oxygen atoms in total. The summed E-state index contributed by atoms with van der Waals surface area (Å²) in [6.45, 7) is 18.8. The Balaban J connectivity index is -0.000000269. The predicted molar refractivity (Wildman–Crippen MR) is 172 cm³/mol. The van der Waals surface area contributed by atoms with Gasteiger partial charge in [0.15, 0.2) is 0 Å². The molecule has 36 heavy (non-hydrogen) atoms. The van der Waals surface area contributed by atoms with Crippen LogP contribution >= 0.6 is 14.5 Å². The molecule has 0 aromatic heterocycles. The topological polar surface area (TPSA) is 0 Å². The lowest BCUT2D eigenvalue weighted by Gasteiger charge is -2.28. The van der Waals surface area contributed by atoms with E-state index in [1.165, 1.54) is 103 Å². The summed E-state index contributed by atoms with van der Waals surface area (Å²) >= 11 is 0. The molecule has 0 aliphatic rings. The van der Waals surface area contributed by atoms with Crippen LogP contribution in [0.3, 0.4) is 0 Å². The fraction of sp³-hybridized carbons (Fsp3) is 1.00. The Labute approximate surface area is 254 Å². The van der Waals surface area contributed by atoms with Crippen molar-refractivity contribution >= 4 is 14.5 Å². The average Bonchev–Trinajstić information content (AvgIpc) is 2.87. The maximum Gasteiger partial charge on any atom is 0.0594 e. The second kappa shape index (κ2) is 33.0. The van der Waals surface area contributed by atoms with Crippen LogP contribution in [0.4, 0.5) is 0 Å². The SMILES string of the molecule is CCCC[P+](CCCC)(CCCC)CCCC.CCCC[P+](CCCC)(CCCC)CCCC.[Br-].[Br-]. The van der Waals surface area contributed by atoms with Gasteiger partial charge in [-0.15, -0.1) is 0 Å². The van der Waals surface area contributed by atoms with Gasteiger partial charge in [-0.25, -0.2) is 0 Å². The normalized spacial score (nSPS) is 11.3. The van der Waals surface area contributed by atoms with E-state index >= 15 is 0 Å². The zero-order chi connectivity index (χ0) is 26.0. The highest BCUT2D eigenvalue weighted by molar-refractivity contribution is 7.76. The molecule has 0 saturated heterocycles. The van der Waals surface area contributed by atoms with Gasteiger partial charge in [-0.1, -0.05) is 107 Å². The first-order valence-corrected chi connectivity index (χ1v) is 21.2. The van der Waals surface area contributed by atoms with Gasteiger partial charge in [0.25, 0.3) is 0 Å². The van der Waals surface area contributed by atoms with Gasteiger partial charge in [0, 0.05) is 14.5 Å². The van der Waals surface area contributed by atoms with Crippen LogP contribution in [0.2, 0.25) is 0 Å². The van der Waals surface area contributed by atoms with E-state index in [1.807, 2.05) is 0 Å². The van der Waals surface area contributed by atoms with Crippen LogP contribution in [0.5, 0.6) is 0 Å². The summed E-state index contributed by atoms with van der Waals surface area (Å²) in [5.41, 5.74) is 0. The van der Waals surface area contributed by atoms with Crippen LogP contribution in [0.25, 0.3) is 0 Å². The molecule has 0 radical (unpaired) electrons. The lowest BCUT2D eigenvalue weighted by molar-refractivity contribution is -0.00100. The van der Waals surface area contributed by atoms with Crippen LogP contribution in [-0.4, -0.2) is 49.3 Å². The molecule has 4 heteroatoms. The number of hydrogen-bond donors (Lipinski definition) is 0. The van der Waals surface area contributed by atoms with Crippen molar-refractivity contribution < 1.29 is 34.0 Å². The summed E-state index contributed by atoms with van der Waals surface area (Å²) in [5, 5.41) is 0. The Morgan fingerprint density at radius 3 is 0.444 bits per heavy atom. The van der Waals surface area contributed by atoms with Crippen molar-refractivity contribution in [2.75, 3.05) is 49.3 Å². The predicted octanol–water partition coefficient (Wildman–Crippen LogP) is 6.42. The van der Waals surface area contributed by atoms with E-state index in [0.717, 1.165) is 0 Å². The lowest BCUT2D eigenvalue weighted by atomic mass is 10.4. The van der Waals surface area contributed by atoms with E-state index in [1.54, 1.807) is 49.3 Å². The maximum absolute atomic E-state index is 2.36. The van der Waals surface area contributed by atoms with Crippen molar-refractivity contribution in [3.05, 3.63) is 0 Å². The molecule has 0 fully saturated rings. The molecule has 0 atom stereocenters. The second-order valence-corrected chi connectivity index (χ2v) is 20.2. The fourth-order valence-electron chi connectivity index (χ4n) is 5.29. The van der Waals surface area contributed by atoms with E-state index in [4.69, 9.17) is 0 Å². The molecule has 0 aliphatic carbocycles. The molecule has 0 amide bonds. The van der Waals surface area contributed by atoms with Crippen LogP contribution in [-0.2, 0) is 0 Å². The number of halogens is 2. The Kier molecular flexibility index (Phi) is 41.1. The third-order valence-electron chi connectivity index (χ3n) is 7.89. The minimum atomic E-state index is -0.562. The molecular formula is C32H72Br2P2. The highest BCUT2D eigenvalue weighted by atomic mass is 79.9. The van der Waals surface area contributed by atoms with Gasteiger partial charge in [-0.05, 0) is 51.4 Å². The smallest absolute Gasteiger partial charge is 0.0594 e. The van der Waals surface area contributed by atoms with Gasteiger partial charge in [0.05, 0.1) is 49.3 Å². The number of hydrogen-bond acceptors (Lipinski definition) is 0. The molecule has 0 unspecified atom stereocenters. The Bertz CT molecular complexity index is 279. The number of rotatable bonds is 24. The van der Waals surface area contributed by atoms with E-state index in [9.17, 15) is 0 Å². The van der Waals surface area contributed by atoms with E-state index in [-0.39, 0.29) is 34.0 Å². The first-order valence-electron chi connectivity index (χ1n) is 16.2. The molecule has 0 bridgehead atoms. The third kappa shape index (κ3) is 24.8. The summed E-state index contributed by atoms with van der Waals surface area (Å²) in [4.78, 5) is 0. The van der Waals surface area contributed by atoms with Crippen molar-refractivity contribution in [3.63, 3.8) is 0 Å². The zero-order valence-electron chi connectivity index (χ0n) is 26.6. The Hall–Kier alpha value is 1.82. The average molecular weight is 679 g/mol. The molecule has 0 aromatic carbocycles. The first kappa shape index (κ1) is 44.8. The van der Waals surface area contributed by atoms with Crippen molar-refractivity contribution in [1.82, 2.24) is 0 Å². The highest BCUT2D eigenvalue weighted by Gasteiger charge is 2.35. The van der Waals surface area contributed by atoms with Gasteiger partial charge >= 0.3 is 0 Å². The molecule has 0 aromatic rings. The summed E-state index contributed by atoms with van der Waals surface area (Å²) in [6, 6.07) is 0. The zero-order valence-corrected chi connectivity index (χ0v) is 31.6. The first-order chi connectivity index (χ1) is 16.5. The van der Waals surface area contributed by atoms with Gasteiger partial charge in [0.1, 0.15) is 0 Å². The quantitative estimate of drug-likeness (QED) is 0.104. The summed E-state index contributed by atoms with van der Waals surface area (Å²) in [5.74, 6) is 0. The standard InChI is InChI=1S/2C16H36P.2BrH/c2*1-5-9-13-17(14-10-6-2,15-11-7-3)16-12-8-4;;/h2*5-16H2,1-4H3;2*1H/q2*+1;;/p-2. The third-order valence-corrected chi connectivity index (χ3v) is 18.0. The summed E-state index contributed by atoms with van der Waals surface area (Å²) < 4.78 is 0. The van der Waals surface area contributed by atoms with Crippen molar-refractivity contribution in [3.8, 4) is 0 Å². The minimum absolute atomic E-state index is 0. The number of unbranched alkanes of at least 4 members (excludes halogenated alkanes) is 8. The minimum Gasteiger partial charge on any atom is -1.00 e. The molecule has 224 valence electrons. The van der Waals surface area contributed by atoms with Gasteiger partial charge in [-0.2, -0.15) is 0 Å². The Morgan fingerprint density at radius 1 is 0.250 bits per heavy atom. The van der Waals surface area contributed by atoms with E-state index in [2.05, 4.69) is 55.4 Å². The molecule has 0 spiro atoms. The van der Waals surface area contributed by atoms with Crippen LogP contribution in [0, 0.1) is 0 Å². The highest BCUT2D eigenvalue weighted by Crippen LogP contribution is 2.62. The summed E-state index contributed by atoms with van der Waals surface area (Å²) in [7, 11) is -1.12. The van der Waals surface area contributed by atoms with Crippen molar-refractivity contribution in [2.45, 2.75) is 158 Å². The maximum atomic E-state index is 2.36. The fourth-order valence-corrected chi connectivity index (χ4v) is 15.9. The molecule has 0 saturated carbocycles. The van der Waals surface area contributed by atoms with Crippen LogP contribution in [0.1, 0.15) is 158 Å². The largest absolute Gasteiger partial charge is 1.00 e. The monoisotopic (exact) mass is 676 g/mol. The lowest BCUT2D eigenvalue weighted by Crippen LogP contribution is -3.00. The van der Waals surface area contributed by atoms with Gasteiger partial charge in [-0.3, -0.25) is 0 Å². The van der Waals surface area contributed by atoms with E-state index < -0.39 is 14.5 Å². The van der Waals surface area contributed by atoms with Gasteiger partial charge in [0.2, 0.25) is 0 Å². The second-order valence-electron chi connectivity index (χ2n) is 11.3. The molecule has 0 heterocycles. The van der Waals surface area contributed by atoms with Crippen molar-refractivity contribution in [1.29, 1.82) is 0 Å².